The van der Waals surface area contributed by atoms with Crippen LogP contribution in [-0.4, -0.2) is 58.6 Å². The highest BCUT2D eigenvalue weighted by molar-refractivity contribution is 6.61. The van der Waals surface area contributed by atoms with Crippen LogP contribution in [0.25, 0.3) is 0 Å². The van der Waals surface area contributed by atoms with Gasteiger partial charge in [-0.3, -0.25) is 9.58 Å². The first kappa shape index (κ1) is 16.9. The van der Waals surface area contributed by atoms with Crippen molar-refractivity contribution in [2.45, 2.75) is 57.8 Å². The zero-order chi connectivity index (χ0) is 16.9. The first-order chi connectivity index (χ1) is 10.6. The van der Waals surface area contributed by atoms with E-state index in [-0.39, 0.29) is 24.3 Å². The lowest BCUT2D eigenvalue weighted by Gasteiger charge is -2.38. The van der Waals surface area contributed by atoms with Gasteiger partial charge in [-0.25, -0.2) is 8.78 Å². The Hall–Kier alpha value is -0.985. The number of halogens is 2. The van der Waals surface area contributed by atoms with Crippen molar-refractivity contribution < 1.29 is 18.1 Å². The molecule has 2 aliphatic heterocycles. The van der Waals surface area contributed by atoms with Crippen molar-refractivity contribution in [2.24, 2.45) is 0 Å². The zero-order valence-electron chi connectivity index (χ0n) is 14.2. The van der Waals surface area contributed by atoms with Gasteiger partial charge in [0.1, 0.15) is 0 Å². The third kappa shape index (κ3) is 3.44. The Morgan fingerprint density at radius 1 is 1.13 bits per heavy atom. The standard InChI is InChI=1S/C15H24BF2N3O2/c1-13(2)14(3,4)23-16(22-13)12-8-19-21(9-12)7-5-6-20-10-15(17,18)11-20/h8-9H,5-7,10-11H2,1-4H3. The Morgan fingerprint density at radius 2 is 1.74 bits per heavy atom. The van der Waals surface area contributed by atoms with Crippen LogP contribution >= 0.6 is 0 Å². The summed E-state index contributed by atoms with van der Waals surface area (Å²) in [6.45, 7) is 9.18. The predicted molar refractivity (Wildman–Crippen MR) is 83.9 cm³/mol. The van der Waals surface area contributed by atoms with Gasteiger partial charge in [-0.15, -0.1) is 0 Å². The SMILES string of the molecule is CC1(C)OB(c2cnn(CCCN3CC(F)(F)C3)c2)OC1(C)C. The second-order valence-corrected chi connectivity index (χ2v) is 7.55. The highest BCUT2D eigenvalue weighted by atomic mass is 19.3. The molecule has 3 heterocycles. The Labute approximate surface area is 136 Å². The lowest BCUT2D eigenvalue weighted by Crippen LogP contribution is -2.56. The molecule has 2 aliphatic rings. The van der Waals surface area contributed by atoms with Crippen molar-refractivity contribution >= 4 is 12.6 Å². The maximum atomic E-state index is 12.8. The molecular weight excluding hydrogens is 303 g/mol. The Balaban J connectivity index is 1.49. The van der Waals surface area contributed by atoms with E-state index in [2.05, 4.69) is 5.10 Å². The van der Waals surface area contributed by atoms with E-state index in [0.717, 1.165) is 11.9 Å². The lowest BCUT2D eigenvalue weighted by atomic mass is 9.82. The molecule has 0 bridgehead atoms. The molecule has 23 heavy (non-hydrogen) atoms. The summed E-state index contributed by atoms with van der Waals surface area (Å²) >= 11 is 0. The minimum atomic E-state index is -2.49. The van der Waals surface area contributed by atoms with Gasteiger partial charge in [-0.05, 0) is 34.1 Å². The zero-order valence-corrected chi connectivity index (χ0v) is 14.2. The van der Waals surface area contributed by atoms with Gasteiger partial charge in [0, 0.05) is 30.9 Å². The molecule has 1 aromatic rings. The number of hydrogen-bond donors (Lipinski definition) is 0. The number of aryl methyl sites for hydroxylation is 1. The molecule has 0 atom stereocenters. The Bertz CT molecular complexity index is 553. The summed E-state index contributed by atoms with van der Waals surface area (Å²) in [7, 11) is -0.414. The van der Waals surface area contributed by atoms with Crippen LogP contribution in [0.15, 0.2) is 12.4 Å². The van der Waals surface area contributed by atoms with Crippen LogP contribution in [0.5, 0.6) is 0 Å². The molecule has 128 valence electrons. The van der Waals surface area contributed by atoms with Gasteiger partial charge in [-0.1, -0.05) is 0 Å². The van der Waals surface area contributed by atoms with Gasteiger partial charge in [0.25, 0.3) is 5.92 Å². The predicted octanol–water partition coefficient (Wildman–Crippen LogP) is 1.52. The maximum absolute atomic E-state index is 12.8. The summed E-state index contributed by atoms with van der Waals surface area (Å²) in [4.78, 5) is 1.76. The summed E-state index contributed by atoms with van der Waals surface area (Å²) in [5, 5.41) is 4.32. The molecule has 0 aromatic carbocycles. The Kier molecular flexibility index (Phi) is 4.05. The average Bonchev–Trinajstić information content (AvgIpc) is 2.91. The number of aromatic nitrogens is 2. The smallest absolute Gasteiger partial charge is 0.399 e. The van der Waals surface area contributed by atoms with Crippen LogP contribution in [0.2, 0.25) is 0 Å². The average molecular weight is 327 g/mol. The minimum absolute atomic E-state index is 0.120. The van der Waals surface area contributed by atoms with Gasteiger partial charge in [0.2, 0.25) is 0 Å². The van der Waals surface area contributed by atoms with Gasteiger partial charge in [-0.2, -0.15) is 5.10 Å². The lowest BCUT2D eigenvalue weighted by molar-refractivity contribution is -0.130. The molecule has 0 N–H and O–H groups in total. The van der Waals surface area contributed by atoms with Crippen molar-refractivity contribution in [1.82, 2.24) is 14.7 Å². The van der Waals surface area contributed by atoms with E-state index in [0.29, 0.717) is 13.1 Å². The van der Waals surface area contributed by atoms with E-state index in [1.165, 1.54) is 0 Å². The van der Waals surface area contributed by atoms with E-state index in [4.69, 9.17) is 9.31 Å². The fourth-order valence-electron chi connectivity index (χ4n) is 2.83. The fourth-order valence-corrected chi connectivity index (χ4v) is 2.83. The molecule has 0 radical (unpaired) electrons. The third-order valence-corrected chi connectivity index (χ3v) is 4.95. The fraction of sp³-hybridized carbons (Fsp3) is 0.800. The number of nitrogens with zero attached hydrogens (tertiary/aromatic N) is 3. The summed E-state index contributed by atoms with van der Waals surface area (Å²) < 4.78 is 39.3. The molecule has 5 nitrogen and oxygen atoms in total. The quantitative estimate of drug-likeness (QED) is 0.769. The monoisotopic (exact) mass is 327 g/mol. The summed E-state index contributed by atoms with van der Waals surface area (Å²) in [5.41, 5.74) is 0.143. The molecule has 0 amide bonds. The van der Waals surface area contributed by atoms with Gasteiger partial charge in [0.05, 0.1) is 24.3 Å². The van der Waals surface area contributed by atoms with Crippen molar-refractivity contribution in [1.29, 1.82) is 0 Å². The number of hydrogen-bond acceptors (Lipinski definition) is 4. The summed E-state index contributed by atoms with van der Waals surface area (Å²) in [6.07, 6.45) is 4.45. The largest absolute Gasteiger partial charge is 0.498 e. The highest BCUT2D eigenvalue weighted by Crippen LogP contribution is 2.36. The van der Waals surface area contributed by atoms with Crippen LogP contribution < -0.4 is 5.46 Å². The van der Waals surface area contributed by atoms with Gasteiger partial charge in [0.15, 0.2) is 0 Å². The normalized spacial score (nSPS) is 25.6. The first-order valence-corrected chi connectivity index (χ1v) is 8.06. The van der Waals surface area contributed by atoms with E-state index >= 15 is 0 Å². The van der Waals surface area contributed by atoms with Crippen LogP contribution in [0.4, 0.5) is 8.78 Å². The van der Waals surface area contributed by atoms with Crippen LogP contribution in [0, 0.1) is 0 Å². The molecule has 2 fully saturated rings. The van der Waals surface area contributed by atoms with E-state index in [1.54, 1.807) is 11.1 Å². The molecular formula is C15H24BF2N3O2. The molecule has 2 saturated heterocycles. The third-order valence-electron chi connectivity index (χ3n) is 4.95. The first-order valence-electron chi connectivity index (χ1n) is 8.06. The van der Waals surface area contributed by atoms with Crippen LogP contribution in [0.1, 0.15) is 34.1 Å². The van der Waals surface area contributed by atoms with Gasteiger partial charge < -0.3 is 9.31 Å². The second kappa shape index (κ2) is 5.53. The van der Waals surface area contributed by atoms with Crippen LogP contribution in [-0.2, 0) is 15.9 Å². The Morgan fingerprint density at radius 3 is 2.30 bits per heavy atom. The maximum Gasteiger partial charge on any atom is 0.498 e. The van der Waals surface area contributed by atoms with Crippen molar-refractivity contribution in [2.75, 3.05) is 19.6 Å². The van der Waals surface area contributed by atoms with Crippen molar-refractivity contribution in [3.63, 3.8) is 0 Å². The van der Waals surface area contributed by atoms with E-state index in [9.17, 15) is 8.78 Å². The van der Waals surface area contributed by atoms with Gasteiger partial charge >= 0.3 is 7.12 Å². The number of alkyl halides is 2. The van der Waals surface area contributed by atoms with E-state index in [1.807, 2.05) is 38.6 Å². The molecule has 3 rings (SSSR count). The second-order valence-electron chi connectivity index (χ2n) is 7.55. The molecule has 0 saturated carbocycles. The molecule has 0 aliphatic carbocycles. The highest BCUT2D eigenvalue weighted by Gasteiger charge is 2.52. The topological polar surface area (TPSA) is 39.5 Å². The number of rotatable bonds is 5. The summed E-state index contributed by atoms with van der Waals surface area (Å²) in [5.74, 6) is -2.49. The molecule has 1 aromatic heterocycles. The van der Waals surface area contributed by atoms with Crippen molar-refractivity contribution in [3.8, 4) is 0 Å². The van der Waals surface area contributed by atoms with Crippen molar-refractivity contribution in [3.05, 3.63) is 12.4 Å². The van der Waals surface area contributed by atoms with E-state index < -0.39 is 13.0 Å². The molecule has 0 spiro atoms. The molecule has 0 unspecified atom stereocenters. The number of likely N-dealkylation sites (tertiary alicyclic amines) is 1. The molecule has 8 heteroatoms. The van der Waals surface area contributed by atoms with Crippen LogP contribution in [0.3, 0.4) is 0 Å². The summed E-state index contributed by atoms with van der Waals surface area (Å²) in [6, 6.07) is 0. The minimum Gasteiger partial charge on any atom is -0.399 e.